The van der Waals surface area contributed by atoms with Gasteiger partial charge in [-0.2, -0.15) is 0 Å². The van der Waals surface area contributed by atoms with Crippen LogP contribution in [0.2, 0.25) is 5.02 Å². The van der Waals surface area contributed by atoms with Crippen molar-refractivity contribution in [2.75, 3.05) is 31.2 Å². The molecule has 0 bridgehead atoms. The SMILES string of the molecule is Clc1cc(CNC2CC2)cnc1N1CCCOCC1. The van der Waals surface area contributed by atoms with E-state index in [-0.39, 0.29) is 0 Å². The summed E-state index contributed by atoms with van der Waals surface area (Å²) in [6, 6.07) is 2.74. The molecule has 1 aromatic rings. The van der Waals surface area contributed by atoms with Crippen LogP contribution in [0.4, 0.5) is 5.82 Å². The van der Waals surface area contributed by atoms with E-state index in [9.17, 15) is 0 Å². The van der Waals surface area contributed by atoms with Crippen LogP contribution in [-0.4, -0.2) is 37.3 Å². The van der Waals surface area contributed by atoms with Crippen molar-refractivity contribution >= 4 is 17.4 Å². The Hall–Kier alpha value is -0.840. The van der Waals surface area contributed by atoms with Gasteiger partial charge >= 0.3 is 0 Å². The number of nitrogens with one attached hydrogen (secondary N) is 1. The van der Waals surface area contributed by atoms with Crippen LogP contribution in [0.3, 0.4) is 0 Å². The van der Waals surface area contributed by atoms with Crippen LogP contribution in [0.25, 0.3) is 0 Å². The number of hydrogen-bond acceptors (Lipinski definition) is 4. The summed E-state index contributed by atoms with van der Waals surface area (Å²) in [5, 5.41) is 4.22. The highest BCUT2D eigenvalue weighted by Crippen LogP contribution is 2.25. The van der Waals surface area contributed by atoms with E-state index < -0.39 is 0 Å². The lowest BCUT2D eigenvalue weighted by Gasteiger charge is -2.22. The van der Waals surface area contributed by atoms with Crippen LogP contribution in [0.5, 0.6) is 0 Å². The van der Waals surface area contributed by atoms with E-state index >= 15 is 0 Å². The van der Waals surface area contributed by atoms with Crippen LogP contribution in [0.1, 0.15) is 24.8 Å². The van der Waals surface area contributed by atoms with Crippen molar-refractivity contribution in [3.8, 4) is 0 Å². The summed E-state index contributed by atoms with van der Waals surface area (Å²) >= 11 is 6.37. The van der Waals surface area contributed by atoms with Gasteiger partial charge < -0.3 is 15.0 Å². The predicted octanol–water partition coefficient (Wildman–Crippen LogP) is 2.21. The molecule has 0 amide bonds. The van der Waals surface area contributed by atoms with Gasteiger partial charge in [0.25, 0.3) is 0 Å². The number of anilines is 1. The van der Waals surface area contributed by atoms with Crippen LogP contribution in [0.15, 0.2) is 12.3 Å². The van der Waals surface area contributed by atoms with E-state index in [0.29, 0.717) is 6.04 Å². The van der Waals surface area contributed by atoms with Gasteiger partial charge in [-0.05, 0) is 30.9 Å². The molecule has 1 saturated carbocycles. The summed E-state index contributed by atoms with van der Waals surface area (Å²) in [5.74, 6) is 0.891. The molecule has 0 spiro atoms. The summed E-state index contributed by atoms with van der Waals surface area (Å²) in [5.41, 5.74) is 1.16. The Morgan fingerprint density at radius 2 is 2.26 bits per heavy atom. The molecule has 0 unspecified atom stereocenters. The lowest BCUT2D eigenvalue weighted by atomic mass is 10.2. The Labute approximate surface area is 119 Å². The summed E-state index contributed by atoms with van der Waals surface area (Å²) in [6.07, 6.45) is 5.56. The van der Waals surface area contributed by atoms with E-state index in [0.717, 1.165) is 55.7 Å². The molecule has 1 N–H and O–H groups in total. The van der Waals surface area contributed by atoms with E-state index in [4.69, 9.17) is 16.3 Å². The average Bonchev–Trinajstić information content (AvgIpc) is 3.24. The Balaban J connectivity index is 1.66. The van der Waals surface area contributed by atoms with Crippen molar-refractivity contribution in [3.05, 3.63) is 22.8 Å². The molecule has 19 heavy (non-hydrogen) atoms. The first kappa shape index (κ1) is 13.2. The molecule has 2 fully saturated rings. The molecule has 0 radical (unpaired) electrons. The second-order valence-electron chi connectivity index (χ2n) is 5.26. The molecule has 104 valence electrons. The van der Waals surface area contributed by atoms with Gasteiger partial charge in [-0.25, -0.2) is 4.98 Å². The zero-order valence-electron chi connectivity index (χ0n) is 11.1. The fraction of sp³-hybridized carbons (Fsp3) is 0.643. The van der Waals surface area contributed by atoms with Crippen LogP contribution in [0, 0.1) is 0 Å². The van der Waals surface area contributed by atoms with Crippen molar-refractivity contribution in [3.63, 3.8) is 0 Å². The van der Waals surface area contributed by atoms with Gasteiger partial charge in [-0.15, -0.1) is 0 Å². The summed E-state index contributed by atoms with van der Waals surface area (Å²) in [7, 11) is 0. The minimum absolute atomic E-state index is 0.709. The summed E-state index contributed by atoms with van der Waals surface area (Å²) < 4.78 is 5.46. The van der Waals surface area contributed by atoms with Crippen molar-refractivity contribution < 1.29 is 4.74 Å². The van der Waals surface area contributed by atoms with Gasteiger partial charge in [0.15, 0.2) is 0 Å². The Morgan fingerprint density at radius 1 is 1.37 bits per heavy atom. The smallest absolute Gasteiger partial charge is 0.147 e. The topological polar surface area (TPSA) is 37.4 Å². The number of nitrogens with zero attached hydrogens (tertiary/aromatic N) is 2. The minimum atomic E-state index is 0.709. The fourth-order valence-electron chi connectivity index (χ4n) is 2.31. The first-order valence-electron chi connectivity index (χ1n) is 7.03. The van der Waals surface area contributed by atoms with Crippen LogP contribution in [-0.2, 0) is 11.3 Å². The predicted molar refractivity (Wildman–Crippen MR) is 76.8 cm³/mol. The Kier molecular flexibility index (Phi) is 4.21. The van der Waals surface area contributed by atoms with E-state index in [1.165, 1.54) is 12.8 Å². The zero-order valence-corrected chi connectivity index (χ0v) is 11.8. The van der Waals surface area contributed by atoms with Gasteiger partial charge in [0.2, 0.25) is 0 Å². The zero-order chi connectivity index (χ0) is 13.1. The molecule has 5 heteroatoms. The number of ether oxygens (including phenoxy) is 1. The van der Waals surface area contributed by atoms with Crippen molar-refractivity contribution in [2.45, 2.75) is 31.8 Å². The number of aromatic nitrogens is 1. The second kappa shape index (κ2) is 6.07. The Bertz CT molecular complexity index is 429. The maximum absolute atomic E-state index is 6.37. The van der Waals surface area contributed by atoms with Crippen molar-refractivity contribution in [2.24, 2.45) is 0 Å². The van der Waals surface area contributed by atoms with E-state index in [1.54, 1.807) is 0 Å². The molecule has 4 nitrogen and oxygen atoms in total. The fourth-order valence-corrected chi connectivity index (χ4v) is 2.62. The maximum Gasteiger partial charge on any atom is 0.147 e. The van der Waals surface area contributed by atoms with Crippen molar-refractivity contribution in [1.82, 2.24) is 10.3 Å². The normalized spacial score (nSPS) is 20.4. The molecule has 0 atom stereocenters. The third-order valence-corrected chi connectivity index (χ3v) is 3.85. The second-order valence-corrected chi connectivity index (χ2v) is 5.66. The molecule has 1 aliphatic carbocycles. The molecule has 0 aromatic carbocycles. The number of hydrogen-bond donors (Lipinski definition) is 1. The largest absolute Gasteiger partial charge is 0.380 e. The van der Waals surface area contributed by atoms with Gasteiger partial charge in [-0.3, -0.25) is 0 Å². The third kappa shape index (κ3) is 3.59. The van der Waals surface area contributed by atoms with Crippen LogP contribution >= 0.6 is 11.6 Å². The molecule has 2 aliphatic rings. The van der Waals surface area contributed by atoms with E-state index in [2.05, 4.69) is 15.2 Å². The van der Waals surface area contributed by atoms with Crippen LogP contribution < -0.4 is 10.2 Å². The first-order chi connectivity index (χ1) is 9.33. The van der Waals surface area contributed by atoms with Gasteiger partial charge in [0.1, 0.15) is 5.82 Å². The minimum Gasteiger partial charge on any atom is -0.380 e. The average molecular weight is 282 g/mol. The van der Waals surface area contributed by atoms with Gasteiger partial charge in [0, 0.05) is 38.5 Å². The quantitative estimate of drug-likeness (QED) is 0.918. The molecule has 1 aromatic heterocycles. The highest BCUT2D eigenvalue weighted by Gasteiger charge is 2.20. The van der Waals surface area contributed by atoms with Gasteiger partial charge in [-0.1, -0.05) is 11.6 Å². The number of pyridine rings is 1. The number of rotatable bonds is 4. The molecule has 3 rings (SSSR count). The summed E-state index contributed by atoms with van der Waals surface area (Å²) in [4.78, 5) is 6.76. The summed E-state index contributed by atoms with van der Waals surface area (Å²) in [6.45, 7) is 4.28. The van der Waals surface area contributed by atoms with E-state index in [1.807, 2.05) is 12.3 Å². The highest BCUT2D eigenvalue weighted by atomic mass is 35.5. The van der Waals surface area contributed by atoms with Gasteiger partial charge in [0.05, 0.1) is 11.6 Å². The molecule has 1 aliphatic heterocycles. The lowest BCUT2D eigenvalue weighted by Crippen LogP contribution is -2.27. The molecular weight excluding hydrogens is 262 g/mol. The van der Waals surface area contributed by atoms with Crippen molar-refractivity contribution in [1.29, 1.82) is 0 Å². The molecule has 2 heterocycles. The first-order valence-corrected chi connectivity index (χ1v) is 7.41. The maximum atomic E-state index is 6.37. The number of halogens is 1. The molecular formula is C14H20ClN3O. The third-order valence-electron chi connectivity index (χ3n) is 3.57. The lowest BCUT2D eigenvalue weighted by molar-refractivity contribution is 0.152. The standard InChI is InChI=1S/C14H20ClN3O/c15-13-8-11(9-16-12-2-3-12)10-17-14(13)18-4-1-6-19-7-5-18/h8,10,12,16H,1-7,9H2. The molecule has 1 saturated heterocycles. The highest BCUT2D eigenvalue weighted by molar-refractivity contribution is 6.33. The monoisotopic (exact) mass is 281 g/mol. The Morgan fingerprint density at radius 3 is 3.05 bits per heavy atom.